The number of aromatic nitrogens is 2. The number of rotatable bonds is 5. The molecule has 26 heavy (non-hydrogen) atoms. The fourth-order valence-electron chi connectivity index (χ4n) is 2.56. The van der Waals surface area contributed by atoms with Crippen LogP contribution >= 0.6 is 0 Å². The number of fused-ring (bicyclic) bond motifs is 1. The first-order chi connectivity index (χ1) is 12.5. The predicted molar refractivity (Wildman–Crippen MR) is 92.4 cm³/mol. The average molecular weight is 359 g/mol. The summed E-state index contributed by atoms with van der Waals surface area (Å²) in [7, 11) is 0. The quantitative estimate of drug-likeness (QED) is 0.760. The molecule has 1 aromatic heterocycles. The van der Waals surface area contributed by atoms with Crippen LogP contribution in [0.25, 0.3) is 10.9 Å². The predicted octanol–water partition coefficient (Wildman–Crippen LogP) is 2.95. The van der Waals surface area contributed by atoms with Crippen molar-refractivity contribution in [3.63, 3.8) is 0 Å². The second-order valence-corrected chi connectivity index (χ2v) is 5.57. The van der Waals surface area contributed by atoms with Crippen LogP contribution in [0.3, 0.4) is 0 Å². The molecule has 3 rings (SSSR count). The lowest BCUT2D eigenvalue weighted by Gasteiger charge is -2.12. The minimum absolute atomic E-state index is 0.0930. The van der Waals surface area contributed by atoms with Crippen LogP contribution in [-0.2, 0) is 11.3 Å². The molecule has 0 spiro atoms. The van der Waals surface area contributed by atoms with Crippen molar-refractivity contribution in [2.45, 2.75) is 20.1 Å². The Hall–Kier alpha value is -3.29. The second kappa shape index (κ2) is 7.30. The smallest absolute Gasteiger partial charge is 0.387 e. The zero-order valence-corrected chi connectivity index (χ0v) is 13.8. The maximum Gasteiger partial charge on any atom is 0.387 e. The molecule has 0 atom stereocenters. The molecule has 0 unspecified atom stereocenters. The van der Waals surface area contributed by atoms with Crippen molar-refractivity contribution in [3.8, 4) is 5.75 Å². The number of ether oxygens (including phenoxy) is 1. The number of benzene rings is 2. The van der Waals surface area contributed by atoms with Crippen LogP contribution in [0.2, 0.25) is 0 Å². The standard InChI is InChI=1S/C18H15F2N3O3/c1-11-5-4-6-12-16(11)21-10-23(17(12)25)9-15(24)22-13-7-2-3-8-14(13)26-18(19)20/h2-8,10,18H,9H2,1H3,(H,22,24). The lowest BCUT2D eigenvalue weighted by molar-refractivity contribution is -0.116. The van der Waals surface area contributed by atoms with E-state index < -0.39 is 12.5 Å². The van der Waals surface area contributed by atoms with E-state index in [2.05, 4.69) is 15.0 Å². The Morgan fingerprint density at radius 1 is 1.23 bits per heavy atom. The number of para-hydroxylation sites is 3. The van der Waals surface area contributed by atoms with E-state index in [1.54, 1.807) is 18.2 Å². The molecule has 1 heterocycles. The van der Waals surface area contributed by atoms with E-state index in [1.165, 1.54) is 24.5 Å². The molecule has 0 aliphatic rings. The highest BCUT2D eigenvalue weighted by Crippen LogP contribution is 2.25. The number of halogens is 2. The minimum atomic E-state index is -3.01. The van der Waals surface area contributed by atoms with Gasteiger partial charge in [0.25, 0.3) is 5.56 Å². The fourth-order valence-corrected chi connectivity index (χ4v) is 2.56. The molecule has 0 fully saturated rings. The molecular weight excluding hydrogens is 344 g/mol. The maximum atomic E-state index is 12.5. The topological polar surface area (TPSA) is 73.2 Å². The summed E-state index contributed by atoms with van der Waals surface area (Å²) in [5.74, 6) is -0.721. The van der Waals surface area contributed by atoms with Crippen LogP contribution < -0.4 is 15.6 Å². The summed E-state index contributed by atoms with van der Waals surface area (Å²) in [5.41, 5.74) is 1.17. The van der Waals surface area contributed by atoms with Gasteiger partial charge in [0, 0.05) is 0 Å². The first kappa shape index (κ1) is 17.5. The van der Waals surface area contributed by atoms with Gasteiger partial charge in [-0.15, -0.1) is 0 Å². The van der Waals surface area contributed by atoms with E-state index in [9.17, 15) is 18.4 Å². The Labute approximate surface area is 147 Å². The summed E-state index contributed by atoms with van der Waals surface area (Å²) in [6, 6.07) is 11.0. The van der Waals surface area contributed by atoms with Crippen molar-refractivity contribution in [1.82, 2.24) is 9.55 Å². The molecule has 6 nitrogen and oxygen atoms in total. The van der Waals surface area contributed by atoms with Gasteiger partial charge in [0.2, 0.25) is 5.91 Å². The number of amides is 1. The molecule has 0 saturated carbocycles. The third-order valence-corrected chi connectivity index (χ3v) is 3.75. The van der Waals surface area contributed by atoms with Crippen LogP contribution in [0.4, 0.5) is 14.5 Å². The van der Waals surface area contributed by atoms with Gasteiger partial charge in [-0.2, -0.15) is 8.78 Å². The number of hydrogen-bond acceptors (Lipinski definition) is 4. The van der Waals surface area contributed by atoms with Crippen molar-refractivity contribution in [2.24, 2.45) is 0 Å². The van der Waals surface area contributed by atoms with Crippen molar-refractivity contribution in [3.05, 3.63) is 64.7 Å². The number of carbonyl (C=O) groups is 1. The third-order valence-electron chi connectivity index (χ3n) is 3.75. The zero-order valence-electron chi connectivity index (χ0n) is 13.8. The lowest BCUT2D eigenvalue weighted by atomic mass is 10.1. The molecule has 134 valence electrons. The van der Waals surface area contributed by atoms with E-state index in [0.717, 1.165) is 10.1 Å². The van der Waals surface area contributed by atoms with Crippen molar-refractivity contribution in [2.75, 3.05) is 5.32 Å². The van der Waals surface area contributed by atoms with Gasteiger partial charge in [-0.1, -0.05) is 24.3 Å². The zero-order chi connectivity index (χ0) is 18.7. The first-order valence-corrected chi connectivity index (χ1v) is 7.74. The van der Waals surface area contributed by atoms with Gasteiger partial charge in [-0.25, -0.2) is 4.98 Å². The Bertz CT molecular complexity index is 1020. The Morgan fingerprint density at radius 3 is 2.77 bits per heavy atom. The number of aryl methyl sites for hydroxylation is 1. The highest BCUT2D eigenvalue weighted by molar-refractivity contribution is 5.92. The number of carbonyl (C=O) groups excluding carboxylic acids is 1. The number of hydrogen-bond donors (Lipinski definition) is 1. The molecular formula is C18H15F2N3O3. The third kappa shape index (κ3) is 3.69. The SMILES string of the molecule is Cc1cccc2c(=O)n(CC(=O)Nc3ccccc3OC(F)F)cnc12. The second-order valence-electron chi connectivity index (χ2n) is 5.57. The lowest BCUT2D eigenvalue weighted by Crippen LogP contribution is -2.28. The largest absolute Gasteiger partial charge is 0.433 e. The highest BCUT2D eigenvalue weighted by Gasteiger charge is 2.13. The molecule has 0 aliphatic carbocycles. The molecule has 1 N–H and O–H groups in total. The summed E-state index contributed by atoms with van der Waals surface area (Å²) in [6.45, 7) is -1.48. The van der Waals surface area contributed by atoms with Crippen LogP contribution in [0, 0.1) is 6.92 Å². The molecule has 8 heteroatoms. The van der Waals surface area contributed by atoms with Gasteiger partial charge in [-0.3, -0.25) is 14.2 Å². The molecule has 2 aromatic carbocycles. The van der Waals surface area contributed by atoms with Gasteiger partial charge in [0.15, 0.2) is 0 Å². The fraction of sp³-hybridized carbons (Fsp3) is 0.167. The summed E-state index contributed by atoms with van der Waals surface area (Å²) < 4.78 is 30.4. The molecule has 1 amide bonds. The summed E-state index contributed by atoms with van der Waals surface area (Å²) in [6.07, 6.45) is 1.29. The Kier molecular flexibility index (Phi) is 4.92. The summed E-state index contributed by atoms with van der Waals surface area (Å²) in [5, 5.41) is 2.87. The minimum Gasteiger partial charge on any atom is -0.433 e. The molecule has 0 aliphatic heterocycles. The monoisotopic (exact) mass is 359 g/mol. The Morgan fingerprint density at radius 2 is 2.00 bits per heavy atom. The number of alkyl halides is 2. The number of nitrogens with zero attached hydrogens (tertiary/aromatic N) is 2. The van der Waals surface area contributed by atoms with Gasteiger partial charge in [-0.05, 0) is 30.7 Å². The van der Waals surface area contributed by atoms with Crippen molar-refractivity contribution >= 4 is 22.5 Å². The van der Waals surface area contributed by atoms with E-state index >= 15 is 0 Å². The highest BCUT2D eigenvalue weighted by atomic mass is 19.3. The number of anilines is 1. The van der Waals surface area contributed by atoms with E-state index in [0.29, 0.717) is 10.9 Å². The first-order valence-electron chi connectivity index (χ1n) is 7.74. The van der Waals surface area contributed by atoms with Crippen LogP contribution in [0.5, 0.6) is 5.75 Å². The van der Waals surface area contributed by atoms with Gasteiger partial charge in [0.1, 0.15) is 12.3 Å². The van der Waals surface area contributed by atoms with Crippen molar-refractivity contribution in [1.29, 1.82) is 0 Å². The summed E-state index contributed by atoms with van der Waals surface area (Å²) >= 11 is 0. The van der Waals surface area contributed by atoms with Crippen molar-refractivity contribution < 1.29 is 18.3 Å². The molecule has 3 aromatic rings. The maximum absolute atomic E-state index is 12.5. The Balaban J connectivity index is 1.82. The van der Waals surface area contributed by atoms with E-state index in [1.807, 2.05) is 13.0 Å². The van der Waals surface area contributed by atoms with Gasteiger partial charge in [0.05, 0.1) is 22.9 Å². The molecule has 0 radical (unpaired) electrons. The van der Waals surface area contributed by atoms with E-state index in [-0.39, 0.29) is 23.5 Å². The van der Waals surface area contributed by atoms with Crippen LogP contribution in [-0.4, -0.2) is 22.1 Å². The normalized spacial score (nSPS) is 10.9. The van der Waals surface area contributed by atoms with Crippen LogP contribution in [0.1, 0.15) is 5.56 Å². The summed E-state index contributed by atoms with van der Waals surface area (Å²) in [4.78, 5) is 29.0. The van der Waals surface area contributed by atoms with E-state index in [4.69, 9.17) is 0 Å². The van der Waals surface area contributed by atoms with Gasteiger partial charge >= 0.3 is 6.61 Å². The molecule has 0 saturated heterocycles. The van der Waals surface area contributed by atoms with Gasteiger partial charge < -0.3 is 10.1 Å². The van der Waals surface area contributed by atoms with Crippen LogP contribution in [0.15, 0.2) is 53.6 Å². The average Bonchev–Trinajstić information content (AvgIpc) is 2.59. The number of nitrogens with one attached hydrogen (secondary N) is 1. The molecule has 0 bridgehead atoms.